The predicted octanol–water partition coefficient (Wildman–Crippen LogP) is 20.1. The fourth-order valence-corrected chi connectivity index (χ4v) is 12.2. The molecule has 0 spiro atoms. The van der Waals surface area contributed by atoms with E-state index in [1.165, 1.54) is 12.1 Å². The fraction of sp³-hybridized carbons (Fsp3) is 0.127. The Morgan fingerprint density at radius 1 is 0.423 bits per heavy atom. The number of benzene rings is 10. The second-order valence-electron chi connectivity index (χ2n) is 21.1. The summed E-state index contributed by atoms with van der Waals surface area (Å²) in [5, 5.41) is 15.8. The lowest BCUT2D eigenvalue weighted by atomic mass is 9.92. The lowest BCUT2D eigenvalue weighted by molar-refractivity contribution is -0.137. The zero-order chi connectivity index (χ0) is 54.5. The van der Waals surface area contributed by atoms with Crippen LogP contribution in [0.4, 0.5) is 18.9 Å². The number of aryl methyl sites for hydroxylation is 8. The highest BCUT2D eigenvalue weighted by molar-refractivity contribution is 6.14. The third-order valence-corrected chi connectivity index (χ3v) is 15.8. The zero-order valence-electron chi connectivity index (χ0n) is 44.7. The summed E-state index contributed by atoms with van der Waals surface area (Å²) in [6.07, 6.45) is -4.85. The molecule has 4 nitrogen and oxygen atoms in total. The number of alkyl halides is 3. The summed E-state index contributed by atoms with van der Waals surface area (Å²) in [6, 6.07) is 60.8. The molecule has 0 saturated heterocycles. The van der Waals surface area contributed by atoms with Gasteiger partial charge in [0.1, 0.15) is 11.6 Å². The van der Waals surface area contributed by atoms with Gasteiger partial charge in [0.2, 0.25) is 0 Å². The van der Waals surface area contributed by atoms with Crippen molar-refractivity contribution in [3.63, 3.8) is 0 Å². The van der Waals surface area contributed by atoms with Gasteiger partial charge in [-0.2, -0.15) is 18.4 Å². The van der Waals surface area contributed by atoms with Gasteiger partial charge in [-0.1, -0.05) is 168 Å². The van der Waals surface area contributed by atoms with Crippen molar-refractivity contribution in [2.24, 2.45) is 0 Å². The average Bonchev–Trinajstić information content (AvgIpc) is 4.12. The normalized spacial score (nSPS) is 11.8. The summed E-state index contributed by atoms with van der Waals surface area (Å²) < 4.78 is 51.4. The quantitative estimate of drug-likeness (QED) is 0.147. The Balaban J connectivity index is 1.28. The van der Waals surface area contributed by atoms with Crippen molar-refractivity contribution in [2.45, 2.75) is 61.6 Å². The van der Waals surface area contributed by atoms with Crippen LogP contribution in [-0.4, -0.2) is 9.13 Å². The maximum Gasteiger partial charge on any atom is 0.415 e. The van der Waals surface area contributed by atoms with Crippen LogP contribution in [0, 0.1) is 73.3 Å². The first-order chi connectivity index (χ1) is 37.5. The number of hydrogen-bond acceptors (Lipinski definition) is 1. The molecule has 0 radical (unpaired) electrons. The predicted molar refractivity (Wildman–Crippen MR) is 316 cm³/mol. The highest BCUT2D eigenvalue weighted by Crippen LogP contribution is 2.49. The van der Waals surface area contributed by atoms with Gasteiger partial charge in [0, 0.05) is 27.1 Å². The van der Waals surface area contributed by atoms with E-state index in [2.05, 4.69) is 216 Å². The van der Waals surface area contributed by atoms with Crippen LogP contribution in [0.1, 0.15) is 55.6 Å². The molecule has 10 aromatic carbocycles. The third-order valence-electron chi connectivity index (χ3n) is 15.8. The van der Waals surface area contributed by atoms with Crippen LogP contribution >= 0.6 is 0 Å². The van der Waals surface area contributed by atoms with E-state index in [0.717, 1.165) is 128 Å². The molecule has 12 aromatic rings. The summed E-state index contributed by atoms with van der Waals surface area (Å²) in [4.78, 5) is 3.77. The summed E-state index contributed by atoms with van der Waals surface area (Å²) in [5.41, 5.74) is 19.4. The topological polar surface area (TPSA) is 38.0 Å². The minimum Gasteiger partial charge on any atom is -0.308 e. The molecule has 78 heavy (non-hydrogen) atoms. The summed E-state index contributed by atoms with van der Waals surface area (Å²) in [7, 11) is 0. The molecule has 2 aromatic heterocycles. The van der Waals surface area contributed by atoms with Gasteiger partial charge in [-0.25, -0.2) is 4.85 Å². The average molecular weight is 1020 g/mol. The van der Waals surface area contributed by atoms with E-state index in [1.54, 1.807) is 12.1 Å². The summed E-state index contributed by atoms with van der Waals surface area (Å²) in [5.74, 6) is 0. The molecule has 2 heterocycles. The Bertz CT molecular complexity index is 4390. The van der Waals surface area contributed by atoms with Gasteiger partial charge in [-0.05, 0) is 158 Å². The molecule has 0 atom stereocenters. The first kappa shape index (κ1) is 49.4. The van der Waals surface area contributed by atoms with Crippen LogP contribution < -0.4 is 0 Å². The minimum atomic E-state index is -4.85. The van der Waals surface area contributed by atoms with E-state index in [0.29, 0.717) is 16.7 Å². The number of fused-ring (bicyclic) bond motifs is 6. The molecule has 0 amide bonds. The van der Waals surface area contributed by atoms with E-state index in [1.807, 2.05) is 4.57 Å². The van der Waals surface area contributed by atoms with Crippen molar-refractivity contribution in [3.8, 4) is 73.1 Å². The number of nitrogens with zero attached hydrogens (tertiary/aromatic N) is 4. The monoisotopic (exact) mass is 1020 g/mol. The van der Waals surface area contributed by atoms with Crippen molar-refractivity contribution in [2.75, 3.05) is 0 Å². The Morgan fingerprint density at radius 2 is 0.782 bits per heavy atom. The second-order valence-corrected chi connectivity index (χ2v) is 21.1. The fourth-order valence-electron chi connectivity index (χ4n) is 12.2. The van der Waals surface area contributed by atoms with Crippen LogP contribution in [0.3, 0.4) is 0 Å². The first-order valence-corrected chi connectivity index (χ1v) is 26.1. The van der Waals surface area contributed by atoms with E-state index in [4.69, 9.17) is 6.57 Å². The van der Waals surface area contributed by atoms with Gasteiger partial charge < -0.3 is 9.13 Å². The molecule has 0 aliphatic rings. The van der Waals surface area contributed by atoms with Crippen molar-refractivity contribution in [3.05, 3.63) is 243 Å². The molecule has 7 heteroatoms. The lowest BCUT2D eigenvalue weighted by Gasteiger charge is -2.23. The largest absolute Gasteiger partial charge is 0.415 e. The maximum absolute atomic E-state index is 15.8. The molecule has 12 rings (SSSR count). The number of rotatable bonds is 7. The summed E-state index contributed by atoms with van der Waals surface area (Å²) in [6.45, 7) is 25.1. The maximum atomic E-state index is 15.8. The molecule has 0 bridgehead atoms. The Kier molecular flexibility index (Phi) is 11.8. The number of nitriles is 1. The van der Waals surface area contributed by atoms with Crippen molar-refractivity contribution in [1.29, 1.82) is 5.26 Å². The van der Waals surface area contributed by atoms with E-state index >= 15 is 13.2 Å². The molecule has 0 aliphatic carbocycles. The molecular weight excluding hydrogens is 966 g/mol. The zero-order valence-corrected chi connectivity index (χ0v) is 44.7. The van der Waals surface area contributed by atoms with Gasteiger partial charge in [0.15, 0.2) is 5.69 Å². The number of aromatic nitrogens is 2. The van der Waals surface area contributed by atoms with Crippen LogP contribution in [0.15, 0.2) is 176 Å². The van der Waals surface area contributed by atoms with Gasteiger partial charge in [0.25, 0.3) is 0 Å². The Morgan fingerprint density at radius 3 is 1.12 bits per heavy atom. The smallest absolute Gasteiger partial charge is 0.308 e. The molecule has 378 valence electrons. The van der Waals surface area contributed by atoms with Crippen molar-refractivity contribution >= 4 is 49.3 Å². The van der Waals surface area contributed by atoms with E-state index in [-0.39, 0.29) is 28.1 Å². The molecule has 0 unspecified atom stereocenters. The number of hydrogen-bond donors (Lipinski definition) is 0. The lowest BCUT2D eigenvalue weighted by Crippen LogP contribution is -2.10. The van der Waals surface area contributed by atoms with Crippen LogP contribution in [0.25, 0.3) is 115 Å². The summed E-state index contributed by atoms with van der Waals surface area (Å²) >= 11 is 0. The SMILES string of the molecule is [C-]#[N+]c1cccc(C(F)(F)F)c1-c1ccc(-n2c3cc(-c4ccc(C)cc4C)ccc3c3ccc(-c4ccc(C)cc4C)cc32)c(C#N)c1-n1c2cc(-c3ccc(C)cc3C)ccc2c2ccc(-c3ccc(C)cc3C)cc21. The molecule has 0 fully saturated rings. The first-order valence-electron chi connectivity index (χ1n) is 26.1. The minimum absolute atomic E-state index is 0.106. The van der Waals surface area contributed by atoms with E-state index in [9.17, 15) is 5.26 Å². The molecule has 0 aliphatic heterocycles. The highest BCUT2D eigenvalue weighted by Gasteiger charge is 2.37. The molecule has 0 N–H and O–H groups in total. The van der Waals surface area contributed by atoms with Gasteiger partial charge in [-0.15, -0.1) is 0 Å². The van der Waals surface area contributed by atoms with E-state index < -0.39 is 11.7 Å². The van der Waals surface area contributed by atoms with Crippen LogP contribution in [0.2, 0.25) is 0 Å². The Hall–Kier alpha value is -9.43. The molecule has 0 saturated carbocycles. The van der Waals surface area contributed by atoms with Crippen molar-refractivity contribution < 1.29 is 13.2 Å². The molecular formula is C71H53F3N4. The second kappa shape index (κ2) is 18.7. The van der Waals surface area contributed by atoms with Crippen LogP contribution in [-0.2, 0) is 6.18 Å². The standard InChI is InChI=1S/C71H53F3N4/c1-40-13-21-52(44(5)31-40)48-17-25-56-57-26-18-49(53-22-14-41(2)32-45(53)6)36-66(57)77(65(56)35-48)64-30-29-60(69-62(71(72,73)74)11-10-12-63(69)76-9)70(61(64)39-75)78-67-37-50(54-23-15-42(3)33-46(54)7)19-27-58(67)59-28-20-51(38-68(59)78)55-24-16-43(4)34-47(55)8/h10-38H,1-8H3. The van der Waals surface area contributed by atoms with Crippen LogP contribution in [0.5, 0.6) is 0 Å². The van der Waals surface area contributed by atoms with Crippen molar-refractivity contribution in [1.82, 2.24) is 9.13 Å². The highest BCUT2D eigenvalue weighted by atomic mass is 19.4. The van der Waals surface area contributed by atoms with Gasteiger partial charge >= 0.3 is 6.18 Å². The Labute approximate surface area is 452 Å². The third kappa shape index (κ3) is 8.14. The van der Waals surface area contributed by atoms with Gasteiger partial charge in [0.05, 0.1) is 45.6 Å². The van der Waals surface area contributed by atoms with Gasteiger partial charge in [-0.3, -0.25) is 0 Å². The number of halogens is 3.